The zero-order valence-corrected chi connectivity index (χ0v) is 13.5. The highest BCUT2D eigenvalue weighted by atomic mass is 32.2. The predicted molar refractivity (Wildman–Crippen MR) is 82.6 cm³/mol. The molecule has 0 bridgehead atoms. The van der Waals surface area contributed by atoms with Gasteiger partial charge in [-0.25, -0.2) is 13.2 Å². The van der Waals surface area contributed by atoms with Crippen molar-refractivity contribution in [3.8, 4) is 0 Å². The highest BCUT2D eigenvalue weighted by molar-refractivity contribution is 7.90. The number of hydrogen-bond donors (Lipinski definition) is 2. The number of amides is 1. The van der Waals surface area contributed by atoms with Crippen molar-refractivity contribution in [1.29, 1.82) is 0 Å². The Morgan fingerprint density at radius 1 is 1.36 bits per heavy atom. The maximum Gasteiger partial charge on any atom is 0.326 e. The van der Waals surface area contributed by atoms with Gasteiger partial charge in [0.05, 0.1) is 4.90 Å². The molecule has 1 aromatic rings. The van der Waals surface area contributed by atoms with Gasteiger partial charge in [0.25, 0.3) is 5.91 Å². The molecule has 22 heavy (non-hydrogen) atoms. The molecule has 1 aromatic carbocycles. The smallest absolute Gasteiger partial charge is 0.326 e. The second kappa shape index (κ2) is 7.22. The molecule has 0 saturated carbocycles. The lowest BCUT2D eigenvalue weighted by Gasteiger charge is -2.14. The predicted octanol–water partition coefficient (Wildman–Crippen LogP) is 1.55. The number of sulfone groups is 1. The fourth-order valence-corrected chi connectivity index (χ4v) is 2.45. The molecule has 0 aliphatic carbocycles. The third-order valence-electron chi connectivity index (χ3n) is 3.09. The SMILES string of the molecule is C/C=C/CC(NC(=O)c1cc(S(C)(=O)=O)ccc1C)C(=O)O. The van der Waals surface area contributed by atoms with E-state index in [4.69, 9.17) is 5.11 Å². The van der Waals surface area contributed by atoms with E-state index in [-0.39, 0.29) is 16.9 Å². The van der Waals surface area contributed by atoms with Gasteiger partial charge in [-0.3, -0.25) is 4.79 Å². The number of rotatable bonds is 6. The van der Waals surface area contributed by atoms with Crippen LogP contribution in [0.5, 0.6) is 0 Å². The van der Waals surface area contributed by atoms with Crippen LogP contribution in [-0.4, -0.2) is 37.7 Å². The van der Waals surface area contributed by atoms with Crippen molar-refractivity contribution in [2.45, 2.75) is 31.2 Å². The minimum absolute atomic E-state index is 0.0172. The number of carboxylic acid groups (broad SMARTS) is 1. The molecular formula is C15H19NO5S. The normalized spacial score (nSPS) is 13.0. The van der Waals surface area contributed by atoms with Gasteiger partial charge in [-0.15, -0.1) is 0 Å². The Morgan fingerprint density at radius 2 is 2.00 bits per heavy atom. The van der Waals surface area contributed by atoms with E-state index in [0.29, 0.717) is 5.56 Å². The summed E-state index contributed by atoms with van der Waals surface area (Å²) in [5.41, 5.74) is 0.717. The number of carbonyl (C=O) groups is 2. The van der Waals surface area contributed by atoms with Gasteiger partial charge in [-0.2, -0.15) is 0 Å². The molecule has 1 amide bonds. The first-order chi connectivity index (χ1) is 10.2. The summed E-state index contributed by atoms with van der Waals surface area (Å²) in [6.07, 6.45) is 4.53. The lowest BCUT2D eigenvalue weighted by Crippen LogP contribution is -2.40. The van der Waals surface area contributed by atoms with E-state index in [1.54, 1.807) is 26.0 Å². The average molecular weight is 325 g/mol. The zero-order valence-electron chi connectivity index (χ0n) is 12.7. The number of hydrogen-bond acceptors (Lipinski definition) is 4. The van der Waals surface area contributed by atoms with Crippen LogP contribution in [0.2, 0.25) is 0 Å². The van der Waals surface area contributed by atoms with Crippen molar-refractivity contribution >= 4 is 21.7 Å². The molecule has 0 aliphatic rings. The van der Waals surface area contributed by atoms with Crippen LogP contribution in [0.25, 0.3) is 0 Å². The van der Waals surface area contributed by atoms with Crippen LogP contribution in [-0.2, 0) is 14.6 Å². The van der Waals surface area contributed by atoms with Crippen molar-refractivity contribution in [1.82, 2.24) is 5.32 Å². The summed E-state index contributed by atoms with van der Waals surface area (Å²) in [4.78, 5) is 23.4. The van der Waals surface area contributed by atoms with Crippen molar-refractivity contribution in [3.05, 3.63) is 41.5 Å². The summed E-state index contributed by atoms with van der Waals surface area (Å²) in [6, 6.07) is 3.13. The lowest BCUT2D eigenvalue weighted by atomic mass is 10.1. The van der Waals surface area contributed by atoms with Crippen LogP contribution < -0.4 is 5.32 Å². The van der Waals surface area contributed by atoms with Crippen molar-refractivity contribution in [3.63, 3.8) is 0 Å². The second-order valence-electron chi connectivity index (χ2n) is 4.92. The zero-order chi connectivity index (χ0) is 16.9. The van der Waals surface area contributed by atoms with Gasteiger partial charge in [0.15, 0.2) is 9.84 Å². The van der Waals surface area contributed by atoms with Gasteiger partial charge in [-0.1, -0.05) is 18.2 Å². The average Bonchev–Trinajstić information content (AvgIpc) is 2.42. The van der Waals surface area contributed by atoms with Crippen LogP contribution in [0.15, 0.2) is 35.2 Å². The topological polar surface area (TPSA) is 101 Å². The monoisotopic (exact) mass is 325 g/mol. The largest absolute Gasteiger partial charge is 0.480 e. The van der Waals surface area contributed by atoms with E-state index in [2.05, 4.69) is 5.32 Å². The highest BCUT2D eigenvalue weighted by Crippen LogP contribution is 2.16. The standard InChI is InChI=1S/C15H19NO5S/c1-4-5-6-13(15(18)19)16-14(17)12-9-11(22(3,20)21)8-7-10(12)2/h4-5,7-9,13H,6H2,1-3H3,(H,16,17)(H,18,19)/b5-4+. The maximum atomic E-state index is 12.2. The van der Waals surface area contributed by atoms with Crippen molar-refractivity contribution in [2.24, 2.45) is 0 Å². The summed E-state index contributed by atoms with van der Waals surface area (Å²) in [6.45, 7) is 3.41. The molecule has 1 atom stereocenters. The van der Waals surface area contributed by atoms with Crippen LogP contribution in [0, 0.1) is 6.92 Å². The minimum Gasteiger partial charge on any atom is -0.480 e. The van der Waals surface area contributed by atoms with Gasteiger partial charge in [0, 0.05) is 11.8 Å². The molecule has 0 spiro atoms. The third-order valence-corrected chi connectivity index (χ3v) is 4.20. The Morgan fingerprint density at radius 3 is 2.50 bits per heavy atom. The van der Waals surface area contributed by atoms with Crippen LogP contribution in [0.3, 0.4) is 0 Å². The molecule has 2 N–H and O–H groups in total. The molecular weight excluding hydrogens is 306 g/mol. The van der Waals surface area contributed by atoms with Crippen LogP contribution >= 0.6 is 0 Å². The van der Waals surface area contributed by atoms with Crippen molar-refractivity contribution < 1.29 is 23.1 Å². The third kappa shape index (κ3) is 4.70. The Balaban J connectivity index is 3.09. The summed E-state index contributed by atoms with van der Waals surface area (Å²) in [5.74, 6) is -1.76. The molecule has 1 rings (SSSR count). The van der Waals surface area contributed by atoms with Gasteiger partial charge in [0.2, 0.25) is 0 Å². The molecule has 0 fully saturated rings. The number of carbonyl (C=O) groups excluding carboxylic acids is 1. The maximum absolute atomic E-state index is 12.2. The van der Waals surface area contributed by atoms with Gasteiger partial charge in [-0.05, 0) is 38.0 Å². The fraction of sp³-hybridized carbons (Fsp3) is 0.333. The first-order valence-corrected chi connectivity index (χ1v) is 8.51. The number of nitrogens with one attached hydrogen (secondary N) is 1. The Bertz CT molecular complexity index is 707. The van der Waals surface area contributed by atoms with Crippen LogP contribution in [0.4, 0.5) is 0 Å². The molecule has 6 nitrogen and oxygen atoms in total. The second-order valence-corrected chi connectivity index (χ2v) is 6.93. The van der Waals surface area contributed by atoms with E-state index >= 15 is 0 Å². The highest BCUT2D eigenvalue weighted by Gasteiger charge is 2.21. The van der Waals surface area contributed by atoms with E-state index in [1.807, 2.05) is 0 Å². The molecule has 0 aromatic heterocycles. The van der Waals surface area contributed by atoms with E-state index in [9.17, 15) is 18.0 Å². The number of allylic oxidation sites excluding steroid dienone is 1. The molecule has 0 radical (unpaired) electrons. The van der Waals surface area contributed by atoms with Gasteiger partial charge >= 0.3 is 5.97 Å². The van der Waals surface area contributed by atoms with E-state index < -0.39 is 27.8 Å². The lowest BCUT2D eigenvalue weighted by molar-refractivity contribution is -0.139. The van der Waals surface area contributed by atoms with Gasteiger partial charge in [0.1, 0.15) is 6.04 Å². The van der Waals surface area contributed by atoms with Crippen molar-refractivity contribution in [2.75, 3.05) is 6.26 Å². The molecule has 0 aliphatic heterocycles. The van der Waals surface area contributed by atoms with Crippen LogP contribution in [0.1, 0.15) is 29.3 Å². The molecule has 1 unspecified atom stereocenters. The summed E-state index contributed by atoms with van der Waals surface area (Å²) < 4.78 is 23.1. The number of aliphatic carboxylic acids is 1. The molecule has 0 saturated heterocycles. The molecule has 120 valence electrons. The Labute approximate surface area is 129 Å². The summed E-state index contributed by atoms with van der Waals surface area (Å²) in [5, 5.41) is 11.5. The first kappa shape index (κ1) is 17.9. The quantitative estimate of drug-likeness (QED) is 0.773. The first-order valence-electron chi connectivity index (χ1n) is 6.62. The summed E-state index contributed by atoms with van der Waals surface area (Å²) >= 11 is 0. The Kier molecular flexibility index (Phi) is 5.87. The van der Waals surface area contributed by atoms with E-state index in [0.717, 1.165) is 6.26 Å². The molecule has 0 heterocycles. The fourth-order valence-electron chi connectivity index (χ4n) is 1.81. The number of aryl methyl sites for hydroxylation is 1. The van der Waals surface area contributed by atoms with E-state index in [1.165, 1.54) is 18.2 Å². The molecule has 7 heteroatoms. The number of benzene rings is 1. The Hall–Kier alpha value is -2.15. The summed E-state index contributed by atoms with van der Waals surface area (Å²) in [7, 11) is -3.44. The minimum atomic E-state index is -3.44. The number of carboxylic acids is 1. The van der Waals surface area contributed by atoms with Gasteiger partial charge < -0.3 is 10.4 Å².